The Bertz CT molecular complexity index is 1370. The number of fused-ring (bicyclic) bond motifs is 1. The summed E-state index contributed by atoms with van der Waals surface area (Å²) in [6, 6.07) is 25.5. The molecule has 35 heavy (non-hydrogen) atoms. The van der Waals surface area contributed by atoms with Crippen LogP contribution in [0, 0.1) is 5.82 Å². The Labute approximate surface area is 211 Å². The van der Waals surface area contributed by atoms with E-state index in [1.165, 1.54) is 4.90 Å². The second-order valence-corrected chi connectivity index (χ2v) is 9.05. The van der Waals surface area contributed by atoms with E-state index >= 15 is 0 Å². The Morgan fingerprint density at radius 1 is 0.886 bits per heavy atom. The molecule has 5 nitrogen and oxygen atoms in total. The van der Waals surface area contributed by atoms with Crippen LogP contribution >= 0.6 is 15.9 Å². The molecule has 1 unspecified atom stereocenters. The Hall–Kier alpha value is -3.71. The summed E-state index contributed by atoms with van der Waals surface area (Å²) in [6.45, 7) is 2.39. The SMILES string of the molecule is CC1c2c(ccc(Br)c2F)C(=O)N1c1ccc(OCc2ccccc2)nc1OCc1ccccc1. The molecule has 0 aliphatic carbocycles. The van der Waals surface area contributed by atoms with Gasteiger partial charge in [0.15, 0.2) is 0 Å². The van der Waals surface area contributed by atoms with Crippen LogP contribution in [0.3, 0.4) is 0 Å². The van der Waals surface area contributed by atoms with Crippen molar-refractivity contribution < 1.29 is 18.7 Å². The highest BCUT2D eigenvalue weighted by atomic mass is 79.9. The maximum Gasteiger partial charge on any atom is 0.259 e. The van der Waals surface area contributed by atoms with Crippen molar-refractivity contribution in [2.24, 2.45) is 0 Å². The first-order valence-electron chi connectivity index (χ1n) is 11.2. The number of pyridine rings is 1. The quantitative estimate of drug-likeness (QED) is 0.261. The number of aromatic nitrogens is 1. The minimum absolute atomic E-state index is 0.242. The first-order valence-corrected chi connectivity index (χ1v) is 12.0. The maximum absolute atomic E-state index is 14.9. The molecule has 0 N–H and O–H groups in total. The van der Waals surface area contributed by atoms with E-state index in [0.29, 0.717) is 33.8 Å². The molecule has 176 valence electrons. The molecule has 0 fully saturated rings. The molecule has 0 saturated carbocycles. The number of halogens is 2. The average molecular weight is 533 g/mol. The van der Waals surface area contributed by atoms with Gasteiger partial charge < -0.3 is 9.47 Å². The Balaban J connectivity index is 1.48. The normalized spacial score (nSPS) is 14.7. The summed E-state index contributed by atoms with van der Waals surface area (Å²) in [4.78, 5) is 19.4. The molecule has 5 rings (SSSR count). The number of carbonyl (C=O) groups is 1. The summed E-state index contributed by atoms with van der Waals surface area (Å²) < 4.78 is 27.2. The van der Waals surface area contributed by atoms with Gasteiger partial charge in [0.2, 0.25) is 11.8 Å². The maximum atomic E-state index is 14.9. The number of anilines is 1. The highest BCUT2D eigenvalue weighted by Gasteiger charge is 2.39. The predicted molar refractivity (Wildman–Crippen MR) is 135 cm³/mol. The molecule has 7 heteroatoms. The average Bonchev–Trinajstić information content (AvgIpc) is 3.14. The fourth-order valence-electron chi connectivity index (χ4n) is 4.16. The van der Waals surface area contributed by atoms with Gasteiger partial charge in [-0.3, -0.25) is 9.69 Å². The minimum atomic E-state index is -0.535. The van der Waals surface area contributed by atoms with E-state index in [2.05, 4.69) is 20.9 Å². The first-order chi connectivity index (χ1) is 17.0. The molecule has 4 aromatic rings. The van der Waals surface area contributed by atoms with Crippen molar-refractivity contribution in [3.63, 3.8) is 0 Å². The molecule has 0 spiro atoms. The number of amides is 1. The highest BCUT2D eigenvalue weighted by molar-refractivity contribution is 9.10. The Morgan fingerprint density at radius 3 is 2.17 bits per heavy atom. The lowest BCUT2D eigenvalue weighted by atomic mass is 10.1. The lowest BCUT2D eigenvalue weighted by Crippen LogP contribution is -2.27. The van der Waals surface area contributed by atoms with E-state index in [1.54, 1.807) is 31.2 Å². The topological polar surface area (TPSA) is 51.7 Å². The molecule has 0 radical (unpaired) electrons. The number of nitrogens with zero attached hydrogens (tertiary/aromatic N) is 2. The fourth-order valence-corrected chi connectivity index (χ4v) is 4.50. The van der Waals surface area contributed by atoms with Crippen LogP contribution in [0.25, 0.3) is 0 Å². The summed E-state index contributed by atoms with van der Waals surface area (Å²) in [6.07, 6.45) is 0. The largest absolute Gasteiger partial charge is 0.473 e. The molecular weight excluding hydrogens is 511 g/mol. The molecule has 1 amide bonds. The van der Waals surface area contributed by atoms with E-state index in [0.717, 1.165) is 11.1 Å². The summed E-state index contributed by atoms with van der Waals surface area (Å²) in [7, 11) is 0. The minimum Gasteiger partial charge on any atom is -0.473 e. The van der Waals surface area contributed by atoms with Crippen molar-refractivity contribution in [2.75, 3.05) is 4.90 Å². The van der Waals surface area contributed by atoms with Gasteiger partial charge in [0.25, 0.3) is 5.91 Å². The van der Waals surface area contributed by atoms with E-state index in [4.69, 9.17) is 9.47 Å². The van der Waals surface area contributed by atoms with Crippen molar-refractivity contribution in [2.45, 2.75) is 26.2 Å². The molecule has 0 bridgehead atoms. The van der Waals surface area contributed by atoms with Gasteiger partial charge >= 0.3 is 0 Å². The first kappa shape index (κ1) is 23.1. The van der Waals surface area contributed by atoms with Crippen molar-refractivity contribution in [1.82, 2.24) is 4.98 Å². The van der Waals surface area contributed by atoms with Crippen molar-refractivity contribution in [3.8, 4) is 11.8 Å². The summed E-state index contributed by atoms with van der Waals surface area (Å²) in [5, 5.41) is 0. The van der Waals surface area contributed by atoms with Crippen LogP contribution in [0.5, 0.6) is 11.8 Å². The standard InChI is InChI=1S/C28H22BrFN2O3/c1-18-25-21(12-13-22(29)26(25)30)28(33)32(18)23-14-15-24(34-16-19-8-4-2-5-9-19)31-27(23)35-17-20-10-6-3-7-11-20/h2-15,18H,16-17H2,1H3. The molecule has 1 aromatic heterocycles. The predicted octanol–water partition coefficient (Wildman–Crippen LogP) is 6.86. The van der Waals surface area contributed by atoms with Crippen LogP contribution in [0.1, 0.15) is 40.0 Å². The fraction of sp³-hybridized carbons (Fsp3) is 0.143. The van der Waals surface area contributed by atoms with Crippen LogP contribution in [-0.2, 0) is 13.2 Å². The second-order valence-electron chi connectivity index (χ2n) is 8.20. The van der Waals surface area contributed by atoms with E-state index in [9.17, 15) is 9.18 Å². The lowest BCUT2D eigenvalue weighted by Gasteiger charge is -2.24. The van der Waals surface area contributed by atoms with E-state index < -0.39 is 11.9 Å². The molecule has 1 aliphatic heterocycles. The summed E-state index contributed by atoms with van der Waals surface area (Å²) >= 11 is 3.23. The van der Waals surface area contributed by atoms with Crippen LogP contribution in [0.2, 0.25) is 0 Å². The summed E-state index contributed by atoms with van der Waals surface area (Å²) in [5.41, 5.74) is 3.09. The van der Waals surface area contributed by atoms with Gasteiger partial charge in [0, 0.05) is 17.2 Å². The smallest absolute Gasteiger partial charge is 0.259 e. The Kier molecular flexibility index (Phi) is 6.51. The van der Waals surface area contributed by atoms with Gasteiger partial charge in [-0.1, -0.05) is 60.7 Å². The highest BCUT2D eigenvalue weighted by Crippen LogP contribution is 2.43. The van der Waals surface area contributed by atoms with Gasteiger partial charge in [0.1, 0.15) is 24.7 Å². The number of benzene rings is 3. The molecule has 0 saturated heterocycles. The number of ether oxygens (including phenoxy) is 2. The zero-order valence-electron chi connectivity index (χ0n) is 18.9. The van der Waals surface area contributed by atoms with Gasteiger partial charge in [-0.05, 0) is 52.2 Å². The third-order valence-electron chi connectivity index (χ3n) is 5.91. The van der Waals surface area contributed by atoms with Gasteiger partial charge in [0.05, 0.1) is 10.5 Å². The molecule has 2 heterocycles. The number of hydrogen-bond donors (Lipinski definition) is 0. The van der Waals surface area contributed by atoms with Gasteiger partial charge in [-0.25, -0.2) is 4.39 Å². The zero-order chi connectivity index (χ0) is 24.4. The molecular formula is C28H22BrFN2O3. The van der Waals surface area contributed by atoms with Crippen molar-refractivity contribution in [1.29, 1.82) is 0 Å². The zero-order valence-corrected chi connectivity index (χ0v) is 20.5. The van der Waals surface area contributed by atoms with Crippen LogP contribution in [0.4, 0.5) is 10.1 Å². The number of rotatable bonds is 7. The second kappa shape index (κ2) is 9.88. The van der Waals surface area contributed by atoms with E-state index in [-0.39, 0.29) is 18.4 Å². The van der Waals surface area contributed by atoms with Crippen LogP contribution in [-0.4, -0.2) is 10.9 Å². The lowest BCUT2D eigenvalue weighted by molar-refractivity contribution is 0.0991. The van der Waals surface area contributed by atoms with Crippen LogP contribution in [0.15, 0.2) is 89.4 Å². The van der Waals surface area contributed by atoms with Gasteiger partial charge in [-0.2, -0.15) is 4.98 Å². The molecule has 1 aliphatic rings. The Morgan fingerprint density at radius 2 is 1.51 bits per heavy atom. The number of hydrogen-bond acceptors (Lipinski definition) is 4. The number of carbonyl (C=O) groups excluding carboxylic acids is 1. The van der Waals surface area contributed by atoms with Crippen molar-refractivity contribution in [3.05, 3.63) is 117 Å². The monoisotopic (exact) mass is 532 g/mol. The molecule has 1 atom stereocenters. The summed E-state index contributed by atoms with van der Waals surface area (Å²) in [5.74, 6) is -0.130. The third-order valence-corrected chi connectivity index (χ3v) is 6.52. The van der Waals surface area contributed by atoms with Crippen molar-refractivity contribution >= 4 is 27.5 Å². The van der Waals surface area contributed by atoms with E-state index in [1.807, 2.05) is 60.7 Å². The van der Waals surface area contributed by atoms with Gasteiger partial charge in [-0.15, -0.1) is 0 Å². The van der Waals surface area contributed by atoms with Crippen LogP contribution < -0.4 is 14.4 Å². The third kappa shape index (κ3) is 4.64. The molecule has 3 aromatic carbocycles.